The SMILES string of the molecule is CN(C(=O)OC(C)(C)C)C1CCN(c2cc(Cl)ncn2)CC1. The van der Waals surface area contributed by atoms with Gasteiger partial charge in [-0.2, -0.15) is 0 Å². The predicted molar refractivity (Wildman–Crippen MR) is 86.3 cm³/mol. The summed E-state index contributed by atoms with van der Waals surface area (Å²) in [7, 11) is 1.80. The second-order valence-corrected chi connectivity index (χ2v) is 6.90. The minimum atomic E-state index is -0.468. The molecule has 0 unspecified atom stereocenters. The molecule has 2 rings (SSSR count). The normalized spacial score (nSPS) is 16.5. The first kappa shape index (κ1) is 16.8. The fourth-order valence-corrected chi connectivity index (χ4v) is 2.60. The lowest BCUT2D eigenvalue weighted by Gasteiger charge is -2.37. The molecule has 0 N–H and O–H groups in total. The molecular weight excluding hydrogens is 304 g/mol. The van der Waals surface area contributed by atoms with Crippen molar-refractivity contribution in [1.29, 1.82) is 0 Å². The molecule has 1 aromatic rings. The zero-order valence-electron chi connectivity index (χ0n) is 13.5. The number of carbonyl (C=O) groups is 1. The van der Waals surface area contributed by atoms with Gasteiger partial charge in [-0.05, 0) is 33.6 Å². The van der Waals surface area contributed by atoms with E-state index in [1.54, 1.807) is 18.0 Å². The molecular formula is C15H23ClN4O2. The quantitative estimate of drug-likeness (QED) is 0.782. The second-order valence-electron chi connectivity index (χ2n) is 6.51. The Morgan fingerprint density at radius 3 is 2.55 bits per heavy atom. The van der Waals surface area contributed by atoms with Crippen molar-refractivity contribution < 1.29 is 9.53 Å². The molecule has 1 aliphatic rings. The van der Waals surface area contributed by atoms with E-state index in [1.807, 2.05) is 20.8 Å². The first-order valence-corrected chi connectivity index (χ1v) is 7.82. The average molecular weight is 327 g/mol. The minimum absolute atomic E-state index is 0.184. The molecule has 2 heterocycles. The molecule has 6 nitrogen and oxygen atoms in total. The minimum Gasteiger partial charge on any atom is -0.444 e. The lowest BCUT2D eigenvalue weighted by Crippen LogP contribution is -2.47. The van der Waals surface area contributed by atoms with Gasteiger partial charge >= 0.3 is 6.09 Å². The highest BCUT2D eigenvalue weighted by Gasteiger charge is 2.28. The van der Waals surface area contributed by atoms with Crippen LogP contribution in [-0.4, -0.2) is 52.7 Å². The summed E-state index contributed by atoms with van der Waals surface area (Å²) in [5.41, 5.74) is -0.468. The van der Waals surface area contributed by atoms with Crippen molar-refractivity contribution in [3.8, 4) is 0 Å². The van der Waals surface area contributed by atoms with Crippen LogP contribution in [0.4, 0.5) is 10.6 Å². The predicted octanol–water partition coefficient (Wildman–Crippen LogP) is 2.97. The van der Waals surface area contributed by atoms with Gasteiger partial charge in [0.2, 0.25) is 0 Å². The number of aromatic nitrogens is 2. The zero-order chi connectivity index (χ0) is 16.3. The Morgan fingerprint density at radius 1 is 1.36 bits per heavy atom. The summed E-state index contributed by atoms with van der Waals surface area (Å²) in [6.07, 6.45) is 2.95. The highest BCUT2D eigenvalue weighted by atomic mass is 35.5. The topological polar surface area (TPSA) is 58.6 Å². The van der Waals surface area contributed by atoms with Gasteiger partial charge in [-0.3, -0.25) is 0 Å². The van der Waals surface area contributed by atoms with Crippen LogP contribution in [0.25, 0.3) is 0 Å². The molecule has 0 aromatic carbocycles. The molecule has 1 aliphatic heterocycles. The fourth-order valence-electron chi connectivity index (χ4n) is 2.46. The number of nitrogens with zero attached hydrogens (tertiary/aromatic N) is 4. The number of amides is 1. The molecule has 0 saturated carbocycles. The molecule has 0 aliphatic carbocycles. The molecule has 0 bridgehead atoms. The van der Waals surface area contributed by atoms with E-state index in [4.69, 9.17) is 16.3 Å². The summed E-state index contributed by atoms with van der Waals surface area (Å²) < 4.78 is 5.42. The van der Waals surface area contributed by atoms with Crippen molar-refractivity contribution >= 4 is 23.5 Å². The number of carbonyl (C=O) groups excluding carboxylic acids is 1. The van der Waals surface area contributed by atoms with E-state index in [2.05, 4.69) is 14.9 Å². The Bertz CT molecular complexity index is 525. The number of ether oxygens (including phenoxy) is 1. The van der Waals surface area contributed by atoms with Gasteiger partial charge in [0.25, 0.3) is 0 Å². The number of halogens is 1. The first-order valence-electron chi connectivity index (χ1n) is 7.44. The molecule has 22 heavy (non-hydrogen) atoms. The van der Waals surface area contributed by atoms with Crippen molar-refractivity contribution in [2.45, 2.75) is 45.3 Å². The first-order chi connectivity index (χ1) is 10.3. The molecule has 0 spiro atoms. The average Bonchev–Trinajstić information content (AvgIpc) is 2.45. The maximum Gasteiger partial charge on any atom is 0.410 e. The van der Waals surface area contributed by atoms with Crippen molar-refractivity contribution in [3.05, 3.63) is 17.5 Å². The van der Waals surface area contributed by atoms with Gasteiger partial charge in [-0.1, -0.05) is 11.6 Å². The summed E-state index contributed by atoms with van der Waals surface area (Å²) in [4.78, 5) is 24.1. The standard InChI is InChI=1S/C15H23ClN4O2/c1-15(2,3)22-14(21)19(4)11-5-7-20(8-6-11)13-9-12(16)17-10-18-13/h9-11H,5-8H2,1-4H3. The summed E-state index contributed by atoms with van der Waals surface area (Å²) in [6.45, 7) is 7.27. The van der Waals surface area contributed by atoms with Gasteiger partial charge in [-0.25, -0.2) is 14.8 Å². The van der Waals surface area contributed by atoms with Crippen molar-refractivity contribution in [2.75, 3.05) is 25.0 Å². The van der Waals surface area contributed by atoms with Gasteiger partial charge < -0.3 is 14.5 Å². The summed E-state index contributed by atoms with van der Waals surface area (Å²) >= 11 is 5.90. The Balaban J connectivity index is 1.90. The molecule has 1 amide bonds. The maximum absolute atomic E-state index is 12.1. The van der Waals surface area contributed by atoms with Gasteiger partial charge in [0.15, 0.2) is 0 Å². The van der Waals surface area contributed by atoms with Gasteiger partial charge in [-0.15, -0.1) is 0 Å². The maximum atomic E-state index is 12.1. The highest BCUT2D eigenvalue weighted by molar-refractivity contribution is 6.29. The molecule has 122 valence electrons. The molecule has 1 aromatic heterocycles. The smallest absolute Gasteiger partial charge is 0.410 e. The van der Waals surface area contributed by atoms with Crippen LogP contribution in [0.1, 0.15) is 33.6 Å². The molecule has 7 heteroatoms. The van der Waals surface area contributed by atoms with Gasteiger partial charge in [0.05, 0.1) is 0 Å². The largest absolute Gasteiger partial charge is 0.444 e. The zero-order valence-corrected chi connectivity index (χ0v) is 14.3. The summed E-state index contributed by atoms with van der Waals surface area (Å²) in [6, 6.07) is 1.95. The van der Waals surface area contributed by atoms with Crippen LogP contribution < -0.4 is 4.90 Å². The van der Waals surface area contributed by atoms with Crippen molar-refractivity contribution in [3.63, 3.8) is 0 Å². The number of hydrogen-bond donors (Lipinski definition) is 0. The Kier molecular flexibility index (Phi) is 5.11. The van der Waals surface area contributed by atoms with Crippen LogP contribution >= 0.6 is 11.6 Å². The molecule has 1 fully saturated rings. The van der Waals surface area contributed by atoms with Crippen LogP contribution in [0.2, 0.25) is 5.15 Å². The number of piperidine rings is 1. The van der Waals surface area contributed by atoms with E-state index in [9.17, 15) is 4.79 Å². The number of rotatable bonds is 2. The third-order valence-corrected chi connectivity index (χ3v) is 3.84. The highest BCUT2D eigenvalue weighted by Crippen LogP contribution is 2.22. The van der Waals surface area contributed by atoms with E-state index in [-0.39, 0.29) is 12.1 Å². The van der Waals surface area contributed by atoms with E-state index in [0.717, 1.165) is 31.7 Å². The summed E-state index contributed by atoms with van der Waals surface area (Å²) in [5, 5.41) is 0.443. The fraction of sp³-hybridized carbons (Fsp3) is 0.667. The molecule has 1 saturated heterocycles. The third-order valence-electron chi connectivity index (χ3n) is 3.64. The van der Waals surface area contributed by atoms with E-state index < -0.39 is 5.60 Å². The lowest BCUT2D eigenvalue weighted by atomic mass is 10.0. The van der Waals surface area contributed by atoms with Crippen molar-refractivity contribution in [2.24, 2.45) is 0 Å². The lowest BCUT2D eigenvalue weighted by molar-refractivity contribution is 0.0201. The monoisotopic (exact) mass is 326 g/mol. The molecule has 0 atom stereocenters. The Morgan fingerprint density at radius 2 is 2.00 bits per heavy atom. The van der Waals surface area contributed by atoms with Crippen molar-refractivity contribution in [1.82, 2.24) is 14.9 Å². The molecule has 0 radical (unpaired) electrons. The van der Waals surface area contributed by atoms with E-state index in [0.29, 0.717) is 5.15 Å². The number of anilines is 1. The second kappa shape index (κ2) is 6.69. The number of hydrogen-bond acceptors (Lipinski definition) is 5. The van der Waals surface area contributed by atoms with Crippen LogP contribution in [-0.2, 0) is 4.74 Å². The third kappa shape index (κ3) is 4.47. The summed E-state index contributed by atoms with van der Waals surface area (Å²) in [5.74, 6) is 0.832. The Hall–Kier alpha value is -1.56. The van der Waals surface area contributed by atoms with E-state index in [1.165, 1.54) is 6.33 Å². The Labute approximate surface area is 136 Å². The van der Waals surface area contributed by atoms with Crippen LogP contribution in [0.15, 0.2) is 12.4 Å². The van der Waals surface area contributed by atoms with E-state index >= 15 is 0 Å². The van der Waals surface area contributed by atoms with Gasteiger partial charge in [0.1, 0.15) is 22.9 Å². The van der Waals surface area contributed by atoms with Crippen LogP contribution in [0, 0.1) is 0 Å². The van der Waals surface area contributed by atoms with Gasteiger partial charge in [0, 0.05) is 32.2 Å². The van der Waals surface area contributed by atoms with Crippen LogP contribution in [0.5, 0.6) is 0 Å². The van der Waals surface area contributed by atoms with Crippen LogP contribution in [0.3, 0.4) is 0 Å².